The summed E-state index contributed by atoms with van der Waals surface area (Å²) in [6.07, 6.45) is 8.85. The summed E-state index contributed by atoms with van der Waals surface area (Å²) in [7, 11) is 1.54. The van der Waals surface area contributed by atoms with Crippen LogP contribution >= 0.6 is 0 Å². The van der Waals surface area contributed by atoms with E-state index in [0.29, 0.717) is 44.0 Å². The first-order valence-electron chi connectivity index (χ1n) is 8.74. The lowest BCUT2D eigenvalue weighted by Crippen LogP contribution is -2.02. The minimum Gasteiger partial charge on any atom is -0.493 e. The van der Waals surface area contributed by atoms with Crippen molar-refractivity contribution in [3.8, 4) is 11.5 Å². The molecule has 0 unspecified atom stereocenters. The van der Waals surface area contributed by atoms with Crippen molar-refractivity contribution in [1.82, 2.24) is 0 Å². The predicted molar refractivity (Wildman–Crippen MR) is 98.3 cm³/mol. The number of hydrogen-bond donors (Lipinski definition) is 0. The minimum atomic E-state index is -0.409. The number of carbonyl (C=O) groups excluding carboxylic acids is 3. The average molecular weight is 362 g/mol. The van der Waals surface area contributed by atoms with Gasteiger partial charge in [0.25, 0.3) is 0 Å². The smallest absolute Gasteiger partial charge is 0.330 e. The van der Waals surface area contributed by atoms with Gasteiger partial charge in [0.1, 0.15) is 12.6 Å². The maximum absolute atomic E-state index is 11.7. The lowest BCUT2D eigenvalue weighted by atomic mass is 10.2. The summed E-state index contributed by atoms with van der Waals surface area (Å²) in [4.78, 5) is 32.2. The molecule has 0 N–H and O–H groups in total. The van der Waals surface area contributed by atoms with Gasteiger partial charge in [-0.1, -0.05) is 6.07 Å². The van der Waals surface area contributed by atoms with Crippen LogP contribution in [0.5, 0.6) is 11.5 Å². The van der Waals surface area contributed by atoms with Gasteiger partial charge in [-0.2, -0.15) is 0 Å². The highest BCUT2D eigenvalue weighted by molar-refractivity contribution is 5.87. The number of aldehydes is 2. The third-order valence-corrected chi connectivity index (χ3v) is 3.53. The molecule has 1 aromatic carbocycles. The Morgan fingerprint density at radius 1 is 0.962 bits per heavy atom. The molecule has 0 aliphatic rings. The lowest BCUT2D eigenvalue weighted by Gasteiger charge is -2.10. The standard InChI is InChI=1S/C20H26O6/c1-24-19-16-17(8-10-18(19)25-14-7-5-13-22)9-11-20(23)26-15-6-3-2-4-12-21/h8-13,16H,2-7,14-15H2,1H3/b11-9+. The Hall–Kier alpha value is -2.63. The zero-order chi connectivity index (χ0) is 19.0. The van der Waals surface area contributed by atoms with Gasteiger partial charge in [-0.25, -0.2) is 4.79 Å². The Kier molecular flexibility index (Phi) is 11.2. The maximum Gasteiger partial charge on any atom is 0.330 e. The van der Waals surface area contributed by atoms with Gasteiger partial charge in [0.15, 0.2) is 11.5 Å². The molecule has 0 bridgehead atoms. The van der Waals surface area contributed by atoms with Crippen LogP contribution in [0.1, 0.15) is 44.1 Å². The minimum absolute atomic E-state index is 0.346. The fraction of sp³-hybridized carbons (Fsp3) is 0.450. The molecule has 0 amide bonds. The first-order valence-corrected chi connectivity index (χ1v) is 8.74. The van der Waals surface area contributed by atoms with E-state index in [2.05, 4.69) is 0 Å². The highest BCUT2D eigenvalue weighted by Crippen LogP contribution is 2.28. The van der Waals surface area contributed by atoms with Crippen LogP contribution < -0.4 is 9.47 Å². The van der Waals surface area contributed by atoms with Gasteiger partial charge < -0.3 is 23.8 Å². The molecule has 0 aliphatic heterocycles. The third kappa shape index (κ3) is 9.01. The van der Waals surface area contributed by atoms with E-state index in [4.69, 9.17) is 14.2 Å². The second-order valence-corrected chi connectivity index (χ2v) is 5.58. The number of ether oxygens (including phenoxy) is 3. The molecule has 6 nitrogen and oxygen atoms in total. The molecular weight excluding hydrogens is 336 g/mol. The van der Waals surface area contributed by atoms with Crippen LogP contribution in [0, 0.1) is 0 Å². The van der Waals surface area contributed by atoms with Gasteiger partial charge in [0.05, 0.1) is 20.3 Å². The molecule has 0 aliphatic carbocycles. The van der Waals surface area contributed by atoms with Gasteiger partial charge >= 0.3 is 5.97 Å². The molecule has 0 fully saturated rings. The first kappa shape index (κ1) is 21.4. The van der Waals surface area contributed by atoms with E-state index in [1.54, 1.807) is 31.4 Å². The van der Waals surface area contributed by atoms with E-state index in [-0.39, 0.29) is 0 Å². The van der Waals surface area contributed by atoms with E-state index in [0.717, 1.165) is 37.4 Å². The summed E-state index contributed by atoms with van der Waals surface area (Å²) in [5, 5.41) is 0. The number of rotatable bonds is 14. The lowest BCUT2D eigenvalue weighted by molar-refractivity contribution is -0.137. The topological polar surface area (TPSA) is 78.9 Å². The molecule has 0 aromatic heterocycles. The van der Waals surface area contributed by atoms with Crippen molar-refractivity contribution < 1.29 is 28.6 Å². The fourth-order valence-electron chi connectivity index (χ4n) is 2.15. The normalized spacial score (nSPS) is 10.5. The van der Waals surface area contributed by atoms with Crippen LogP contribution in [0.3, 0.4) is 0 Å². The number of methoxy groups -OCH3 is 1. The highest BCUT2D eigenvalue weighted by Gasteiger charge is 2.05. The van der Waals surface area contributed by atoms with Crippen molar-refractivity contribution in [2.75, 3.05) is 20.3 Å². The van der Waals surface area contributed by atoms with Crippen LogP contribution in [-0.4, -0.2) is 38.9 Å². The van der Waals surface area contributed by atoms with Crippen LogP contribution in [0.15, 0.2) is 24.3 Å². The summed E-state index contributed by atoms with van der Waals surface area (Å²) in [6, 6.07) is 5.33. The van der Waals surface area contributed by atoms with E-state index in [9.17, 15) is 14.4 Å². The third-order valence-electron chi connectivity index (χ3n) is 3.53. The largest absolute Gasteiger partial charge is 0.493 e. The summed E-state index contributed by atoms with van der Waals surface area (Å²) < 4.78 is 16.0. The number of benzene rings is 1. The number of unbranched alkanes of at least 4 members (excludes halogenated alkanes) is 4. The molecule has 0 saturated heterocycles. The highest BCUT2D eigenvalue weighted by atomic mass is 16.5. The summed E-state index contributed by atoms with van der Waals surface area (Å²) in [6.45, 7) is 0.780. The van der Waals surface area contributed by atoms with Crippen molar-refractivity contribution in [2.45, 2.75) is 38.5 Å². The molecule has 6 heteroatoms. The zero-order valence-corrected chi connectivity index (χ0v) is 15.1. The van der Waals surface area contributed by atoms with Gasteiger partial charge in [0, 0.05) is 18.9 Å². The fourth-order valence-corrected chi connectivity index (χ4v) is 2.15. The molecule has 0 radical (unpaired) electrons. The second kappa shape index (κ2) is 13.6. The van der Waals surface area contributed by atoms with E-state index in [1.807, 2.05) is 0 Å². The van der Waals surface area contributed by atoms with Crippen molar-refractivity contribution in [2.24, 2.45) is 0 Å². The summed E-state index contributed by atoms with van der Waals surface area (Å²) in [5.74, 6) is 0.740. The van der Waals surface area contributed by atoms with Crippen LogP contribution in [0.4, 0.5) is 0 Å². The molecule has 0 saturated carbocycles. The Labute approximate surface area is 154 Å². The molecule has 0 spiro atoms. The SMILES string of the molecule is COc1cc(/C=C/C(=O)OCCCCCC=O)ccc1OCCCC=O. The van der Waals surface area contributed by atoms with E-state index >= 15 is 0 Å². The summed E-state index contributed by atoms with van der Waals surface area (Å²) >= 11 is 0. The monoisotopic (exact) mass is 362 g/mol. The first-order chi connectivity index (χ1) is 12.7. The predicted octanol–water partition coefficient (Wildman–Crippen LogP) is 3.37. The molecule has 1 rings (SSSR count). The van der Waals surface area contributed by atoms with Gasteiger partial charge in [-0.3, -0.25) is 0 Å². The Balaban J connectivity index is 2.45. The van der Waals surface area contributed by atoms with Crippen molar-refractivity contribution in [3.05, 3.63) is 29.8 Å². The number of carbonyl (C=O) groups is 3. The summed E-state index contributed by atoms with van der Waals surface area (Å²) in [5.41, 5.74) is 0.782. The molecule has 142 valence electrons. The zero-order valence-electron chi connectivity index (χ0n) is 15.1. The molecule has 26 heavy (non-hydrogen) atoms. The molecular formula is C20H26O6. The van der Waals surface area contributed by atoms with Crippen molar-refractivity contribution in [1.29, 1.82) is 0 Å². The van der Waals surface area contributed by atoms with Crippen molar-refractivity contribution in [3.63, 3.8) is 0 Å². The number of hydrogen-bond acceptors (Lipinski definition) is 6. The Bertz CT molecular complexity index is 594. The van der Waals surface area contributed by atoms with Gasteiger partial charge in [-0.15, -0.1) is 0 Å². The maximum atomic E-state index is 11.7. The Morgan fingerprint density at radius 3 is 2.46 bits per heavy atom. The quantitative estimate of drug-likeness (QED) is 0.218. The van der Waals surface area contributed by atoms with E-state index < -0.39 is 5.97 Å². The van der Waals surface area contributed by atoms with Crippen molar-refractivity contribution >= 4 is 24.6 Å². The van der Waals surface area contributed by atoms with Crippen LogP contribution in [0.25, 0.3) is 6.08 Å². The molecule has 0 atom stereocenters. The molecule has 0 heterocycles. The Morgan fingerprint density at radius 2 is 1.73 bits per heavy atom. The number of esters is 1. The molecule has 1 aromatic rings. The average Bonchev–Trinajstić information content (AvgIpc) is 2.66. The van der Waals surface area contributed by atoms with Gasteiger partial charge in [0.2, 0.25) is 0 Å². The van der Waals surface area contributed by atoms with Gasteiger partial charge in [-0.05, 0) is 49.5 Å². The van der Waals surface area contributed by atoms with Crippen LogP contribution in [-0.2, 0) is 19.1 Å². The second-order valence-electron chi connectivity index (χ2n) is 5.58. The van der Waals surface area contributed by atoms with E-state index in [1.165, 1.54) is 6.08 Å². The van der Waals surface area contributed by atoms with Crippen LogP contribution in [0.2, 0.25) is 0 Å².